The van der Waals surface area contributed by atoms with Crippen molar-refractivity contribution >= 4 is 17.6 Å². The van der Waals surface area contributed by atoms with E-state index in [4.69, 9.17) is 9.47 Å². The fraction of sp³-hybridized carbons (Fsp3) is 0.273. The molecule has 1 amide bonds. The Balaban J connectivity index is 2.27. The van der Waals surface area contributed by atoms with Crippen LogP contribution in [-0.2, 0) is 9.53 Å². The van der Waals surface area contributed by atoms with Crippen LogP contribution >= 0.6 is 0 Å². The largest absolute Gasteiger partial charge is 0.481 e. The minimum Gasteiger partial charge on any atom is -0.481 e. The van der Waals surface area contributed by atoms with Crippen LogP contribution in [0, 0.1) is 0 Å². The molecule has 0 aromatic heterocycles. The number of benzene rings is 1. The molecule has 83 valence electrons. The summed E-state index contributed by atoms with van der Waals surface area (Å²) < 4.78 is 9.97. The van der Waals surface area contributed by atoms with Crippen molar-refractivity contribution in [3.8, 4) is 5.75 Å². The van der Waals surface area contributed by atoms with Crippen LogP contribution < -0.4 is 10.1 Å². The Kier molecular flexibility index (Phi) is 2.76. The van der Waals surface area contributed by atoms with Crippen molar-refractivity contribution in [2.24, 2.45) is 0 Å². The predicted molar refractivity (Wildman–Crippen MR) is 54.7 cm³/mol. The van der Waals surface area contributed by atoms with Crippen molar-refractivity contribution in [1.29, 1.82) is 0 Å². The highest BCUT2D eigenvalue weighted by molar-refractivity contribution is 5.93. The number of ether oxygens (including phenoxy) is 2. The molecule has 1 aromatic rings. The van der Waals surface area contributed by atoms with Gasteiger partial charge in [0.15, 0.2) is 6.61 Å². The highest BCUT2D eigenvalue weighted by Gasteiger charge is 2.19. The Morgan fingerprint density at radius 2 is 2.38 bits per heavy atom. The molecule has 5 nitrogen and oxygen atoms in total. The second-order valence-corrected chi connectivity index (χ2v) is 3.20. The van der Waals surface area contributed by atoms with Gasteiger partial charge in [0.25, 0.3) is 5.91 Å². The van der Waals surface area contributed by atoms with Gasteiger partial charge in [0.1, 0.15) is 11.4 Å². The number of esters is 1. The van der Waals surface area contributed by atoms with Crippen LogP contribution in [0.15, 0.2) is 18.2 Å². The number of hydrogen-bond donors (Lipinski definition) is 0. The quantitative estimate of drug-likeness (QED) is 0.698. The normalized spacial score (nSPS) is 13.4. The van der Waals surface area contributed by atoms with E-state index in [9.17, 15) is 9.59 Å². The van der Waals surface area contributed by atoms with Gasteiger partial charge in [-0.2, -0.15) is 0 Å². The molecule has 0 bridgehead atoms. The first-order chi connectivity index (χ1) is 7.70. The third-order valence-corrected chi connectivity index (χ3v) is 2.07. The average molecular weight is 220 g/mol. The van der Waals surface area contributed by atoms with Crippen molar-refractivity contribution in [3.05, 3.63) is 23.8 Å². The van der Waals surface area contributed by atoms with E-state index >= 15 is 0 Å². The third-order valence-electron chi connectivity index (χ3n) is 2.07. The molecule has 0 saturated carbocycles. The summed E-state index contributed by atoms with van der Waals surface area (Å²) in [6.07, 6.45) is 0. The van der Waals surface area contributed by atoms with Gasteiger partial charge in [-0.15, -0.1) is 0 Å². The zero-order chi connectivity index (χ0) is 11.5. The first-order valence-corrected chi connectivity index (χ1v) is 4.89. The van der Waals surface area contributed by atoms with E-state index in [0.717, 1.165) is 0 Å². The van der Waals surface area contributed by atoms with Crippen LogP contribution in [-0.4, -0.2) is 25.1 Å². The second kappa shape index (κ2) is 4.22. The number of carbonyl (C=O) groups excluding carboxylic acids is 2. The van der Waals surface area contributed by atoms with Gasteiger partial charge < -0.3 is 9.47 Å². The van der Waals surface area contributed by atoms with Gasteiger partial charge in [0.2, 0.25) is 0 Å². The van der Waals surface area contributed by atoms with Crippen molar-refractivity contribution < 1.29 is 19.1 Å². The lowest BCUT2D eigenvalue weighted by Crippen LogP contribution is -2.24. The van der Waals surface area contributed by atoms with Crippen molar-refractivity contribution in [1.82, 2.24) is 5.32 Å². The van der Waals surface area contributed by atoms with Gasteiger partial charge >= 0.3 is 5.97 Å². The SMILES string of the molecule is CCOC(=O)c1ccc2c(c1)[N]C(=O)CO2. The van der Waals surface area contributed by atoms with Crippen LogP contribution in [0.5, 0.6) is 5.75 Å². The molecule has 1 aliphatic rings. The maximum Gasteiger partial charge on any atom is 0.338 e. The molecule has 0 aliphatic carbocycles. The highest BCUT2D eigenvalue weighted by Crippen LogP contribution is 2.28. The van der Waals surface area contributed by atoms with Gasteiger partial charge in [0.05, 0.1) is 12.2 Å². The van der Waals surface area contributed by atoms with Crippen LogP contribution in [0.25, 0.3) is 0 Å². The molecule has 5 heteroatoms. The van der Waals surface area contributed by atoms with E-state index in [0.29, 0.717) is 23.6 Å². The molecule has 1 aliphatic heterocycles. The summed E-state index contributed by atoms with van der Waals surface area (Å²) in [6.45, 7) is 1.99. The maximum atomic E-state index is 11.4. The highest BCUT2D eigenvalue weighted by atomic mass is 16.5. The first kappa shape index (κ1) is 10.5. The molecule has 1 heterocycles. The fourth-order valence-corrected chi connectivity index (χ4v) is 1.37. The molecule has 0 fully saturated rings. The molecule has 0 saturated heterocycles. The van der Waals surface area contributed by atoms with E-state index < -0.39 is 5.97 Å². The van der Waals surface area contributed by atoms with Crippen LogP contribution in [0.1, 0.15) is 17.3 Å². The molecular weight excluding hydrogens is 210 g/mol. The van der Waals surface area contributed by atoms with Crippen LogP contribution in [0.4, 0.5) is 5.69 Å². The van der Waals surface area contributed by atoms with Crippen molar-refractivity contribution in [2.45, 2.75) is 6.92 Å². The monoisotopic (exact) mass is 220 g/mol. The second-order valence-electron chi connectivity index (χ2n) is 3.20. The summed E-state index contributed by atoms with van der Waals surface area (Å²) >= 11 is 0. The molecule has 2 rings (SSSR count). The minimum atomic E-state index is -0.432. The number of carbonyl (C=O) groups is 2. The average Bonchev–Trinajstić information content (AvgIpc) is 2.28. The first-order valence-electron chi connectivity index (χ1n) is 4.89. The topological polar surface area (TPSA) is 66.7 Å². The molecule has 1 radical (unpaired) electrons. The summed E-state index contributed by atoms with van der Waals surface area (Å²) in [5.74, 6) is -0.278. The summed E-state index contributed by atoms with van der Waals surface area (Å²) in [7, 11) is 0. The molecule has 16 heavy (non-hydrogen) atoms. The van der Waals surface area contributed by atoms with Crippen LogP contribution in [0.2, 0.25) is 0 Å². The zero-order valence-electron chi connectivity index (χ0n) is 8.73. The standard InChI is InChI=1S/C11H10NO4/c1-2-15-11(14)7-3-4-9-8(5-7)12-10(13)6-16-9/h3-5H,2,6H2,1H3. The van der Waals surface area contributed by atoms with E-state index in [1.54, 1.807) is 19.1 Å². The summed E-state index contributed by atoms with van der Waals surface area (Å²) in [5.41, 5.74) is 0.740. The molecule has 0 N–H and O–H groups in total. The molecule has 0 atom stereocenters. The molecule has 1 aromatic carbocycles. The smallest absolute Gasteiger partial charge is 0.338 e. The zero-order valence-corrected chi connectivity index (χ0v) is 8.73. The van der Waals surface area contributed by atoms with Gasteiger partial charge in [-0.1, -0.05) is 0 Å². The molecule has 0 unspecified atom stereocenters. The molecular formula is C11H10NO4. The number of fused-ring (bicyclic) bond motifs is 1. The van der Waals surface area contributed by atoms with Gasteiger partial charge in [-0.25, -0.2) is 10.1 Å². The van der Waals surface area contributed by atoms with E-state index in [1.807, 2.05) is 0 Å². The third kappa shape index (κ3) is 1.98. The predicted octanol–water partition coefficient (Wildman–Crippen LogP) is 1.02. The minimum absolute atomic E-state index is 0.0498. The summed E-state index contributed by atoms with van der Waals surface area (Å²) in [4.78, 5) is 22.4. The lowest BCUT2D eigenvalue weighted by Gasteiger charge is -2.15. The van der Waals surface area contributed by atoms with E-state index in [1.165, 1.54) is 6.07 Å². The lowest BCUT2D eigenvalue weighted by atomic mass is 10.1. The van der Waals surface area contributed by atoms with Crippen LogP contribution in [0.3, 0.4) is 0 Å². The maximum absolute atomic E-state index is 11.4. The fourth-order valence-electron chi connectivity index (χ4n) is 1.37. The van der Waals surface area contributed by atoms with Crippen molar-refractivity contribution in [2.75, 3.05) is 13.2 Å². The number of rotatable bonds is 2. The number of amides is 1. The van der Waals surface area contributed by atoms with Crippen molar-refractivity contribution in [3.63, 3.8) is 0 Å². The summed E-state index contributed by atoms with van der Waals surface area (Å²) in [5, 5.41) is 3.78. The van der Waals surface area contributed by atoms with Gasteiger partial charge in [-0.3, -0.25) is 4.79 Å². The summed E-state index contributed by atoms with van der Waals surface area (Å²) in [6, 6.07) is 4.68. The van der Waals surface area contributed by atoms with Gasteiger partial charge in [-0.05, 0) is 25.1 Å². The number of hydrogen-bond acceptors (Lipinski definition) is 4. The van der Waals surface area contributed by atoms with E-state index in [-0.39, 0.29) is 12.5 Å². The van der Waals surface area contributed by atoms with Gasteiger partial charge in [0, 0.05) is 0 Å². The Hall–Kier alpha value is -2.04. The molecule has 0 spiro atoms. The van der Waals surface area contributed by atoms with E-state index in [2.05, 4.69) is 5.32 Å². The Bertz CT molecular complexity index is 442. The lowest BCUT2D eigenvalue weighted by molar-refractivity contribution is -0.123. The Morgan fingerprint density at radius 3 is 3.12 bits per heavy atom. The Labute approximate surface area is 92.4 Å². The number of nitrogens with zero attached hydrogens (tertiary/aromatic N) is 1. The Morgan fingerprint density at radius 1 is 1.56 bits per heavy atom.